The summed E-state index contributed by atoms with van der Waals surface area (Å²) in [7, 11) is 0. The molecule has 0 amide bonds. The highest BCUT2D eigenvalue weighted by molar-refractivity contribution is 7.13. The van der Waals surface area contributed by atoms with Gasteiger partial charge in [0, 0.05) is 37.6 Å². The number of carbonyl (C=O) groups is 1. The molecule has 6 heteroatoms. The Labute approximate surface area is 123 Å². The highest BCUT2D eigenvalue weighted by Gasteiger charge is 2.31. The van der Waals surface area contributed by atoms with Gasteiger partial charge in [0.1, 0.15) is 0 Å². The van der Waals surface area contributed by atoms with Crippen molar-refractivity contribution in [1.29, 1.82) is 0 Å². The van der Waals surface area contributed by atoms with E-state index in [4.69, 9.17) is 4.74 Å². The fourth-order valence-corrected chi connectivity index (χ4v) is 3.48. The lowest BCUT2D eigenvalue weighted by atomic mass is 10.3. The average Bonchev–Trinajstić information content (AvgIpc) is 3.20. The van der Waals surface area contributed by atoms with E-state index >= 15 is 0 Å². The number of carbonyl (C=O) groups excluding carboxylic acids is 1. The fraction of sp³-hybridized carbons (Fsp3) is 0.714. The van der Waals surface area contributed by atoms with E-state index in [0.29, 0.717) is 6.61 Å². The Hall–Kier alpha value is -1.14. The van der Waals surface area contributed by atoms with E-state index in [9.17, 15) is 4.79 Å². The molecule has 110 valence electrons. The number of hydrogen-bond donors (Lipinski definition) is 0. The topological polar surface area (TPSA) is 45.7 Å². The number of piperazine rings is 1. The maximum atomic E-state index is 11.4. The standard InChI is InChI=1S/C14H21N3O2S/c1-2-19-13(18)9-11-10-20-14(15-11)17-7-5-16(6-8-17)12-3-4-12/h10,12H,2-9H2,1H3. The second-order valence-electron chi connectivity index (χ2n) is 5.36. The number of rotatable bonds is 5. The van der Waals surface area contributed by atoms with Crippen LogP contribution in [0.4, 0.5) is 5.13 Å². The molecule has 20 heavy (non-hydrogen) atoms. The number of nitrogens with zero attached hydrogens (tertiary/aromatic N) is 3. The third-order valence-electron chi connectivity index (χ3n) is 3.82. The van der Waals surface area contributed by atoms with Crippen molar-refractivity contribution in [1.82, 2.24) is 9.88 Å². The normalized spacial score (nSPS) is 20.1. The molecule has 2 fully saturated rings. The summed E-state index contributed by atoms with van der Waals surface area (Å²) in [5.41, 5.74) is 0.827. The minimum atomic E-state index is -0.192. The third kappa shape index (κ3) is 3.30. The second-order valence-corrected chi connectivity index (χ2v) is 6.19. The highest BCUT2D eigenvalue weighted by atomic mass is 32.1. The molecule has 1 aliphatic heterocycles. The SMILES string of the molecule is CCOC(=O)Cc1csc(N2CCN(C3CC3)CC2)n1. The zero-order valence-electron chi connectivity index (χ0n) is 11.9. The molecule has 1 aromatic rings. The summed E-state index contributed by atoms with van der Waals surface area (Å²) >= 11 is 1.63. The summed E-state index contributed by atoms with van der Waals surface area (Å²) in [4.78, 5) is 20.9. The van der Waals surface area contributed by atoms with Gasteiger partial charge in [0.25, 0.3) is 0 Å². The van der Waals surface area contributed by atoms with Gasteiger partial charge in [-0.1, -0.05) is 0 Å². The number of aromatic nitrogens is 1. The van der Waals surface area contributed by atoms with Gasteiger partial charge in [-0.25, -0.2) is 4.98 Å². The molecular weight excluding hydrogens is 274 g/mol. The lowest BCUT2D eigenvalue weighted by molar-refractivity contribution is -0.142. The van der Waals surface area contributed by atoms with Crippen molar-refractivity contribution in [2.45, 2.75) is 32.2 Å². The van der Waals surface area contributed by atoms with Crippen molar-refractivity contribution in [3.63, 3.8) is 0 Å². The summed E-state index contributed by atoms with van der Waals surface area (Å²) in [6.45, 7) is 6.61. The van der Waals surface area contributed by atoms with Crippen LogP contribution in [0.2, 0.25) is 0 Å². The molecule has 2 heterocycles. The monoisotopic (exact) mass is 295 g/mol. The number of anilines is 1. The van der Waals surface area contributed by atoms with Crippen LogP contribution < -0.4 is 4.90 Å². The molecule has 1 saturated heterocycles. The van der Waals surface area contributed by atoms with Crippen molar-refractivity contribution in [3.05, 3.63) is 11.1 Å². The Balaban J connectivity index is 1.52. The highest BCUT2D eigenvalue weighted by Crippen LogP contribution is 2.29. The van der Waals surface area contributed by atoms with Crippen LogP contribution in [0.5, 0.6) is 0 Å². The van der Waals surface area contributed by atoms with Crippen LogP contribution in [-0.2, 0) is 16.0 Å². The van der Waals surface area contributed by atoms with E-state index in [2.05, 4.69) is 14.8 Å². The Morgan fingerprint density at radius 1 is 1.40 bits per heavy atom. The van der Waals surface area contributed by atoms with Crippen molar-refractivity contribution in [3.8, 4) is 0 Å². The quantitative estimate of drug-likeness (QED) is 0.771. The molecule has 3 rings (SSSR count). The van der Waals surface area contributed by atoms with Crippen molar-refractivity contribution in [2.75, 3.05) is 37.7 Å². The van der Waals surface area contributed by atoms with Gasteiger partial charge in [-0.05, 0) is 19.8 Å². The number of esters is 1. The van der Waals surface area contributed by atoms with Gasteiger partial charge in [0.05, 0.1) is 18.7 Å². The van der Waals surface area contributed by atoms with Gasteiger partial charge in [0.2, 0.25) is 0 Å². The van der Waals surface area contributed by atoms with Crippen LogP contribution in [0, 0.1) is 0 Å². The Morgan fingerprint density at radius 3 is 2.80 bits per heavy atom. The van der Waals surface area contributed by atoms with E-state index in [1.54, 1.807) is 11.3 Å². The lowest BCUT2D eigenvalue weighted by Crippen LogP contribution is -2.47. The molecule has 0 atom stereocenters. The zero-order valence-corrected chi connectivity index (χ0v) is 12.7. The van der Waals surface area contributed by atoms with Crippen molar-refractivity contribution >= 4 is 22.4 Å². The molecule has 0 bridgehead atoms. The van der Waals surface area contributed by atoms with Crippen molar-refractivity contribution in [2.24, 2.45) is 0 Å². The predicted molar refractivity (Wildman–Crippen MR) is 79.3 cm³/mol. The first kappa shape index (κ1) is 13.8. The second kappa shape index (κ2) is 6.10. The fourth-order valence-electron chi connectivity index (χ4n) is 2.60. The minimum Gasteiger partial charge on any atom is -0.466 e. The van der Waals surface area contributed by atoms with Crippen LogP contribution in [0.15, 0.2) is 5.38 Å². The molecule has 1 saturated carbocycles. The van der Waals surface area contributed by atoms with E-state index in [0.717, 1.165) is 43.0 Å². The van der Waals surface area contributed by atoms with Gasteiger partial charge >= 0.3 is 5.97 Å². The van der Waals surface area contributed by atoms with E-state index < -0.39 is 0 Å². The van der Waals surface area contributed by atoms with Crippen LogP contribution in [-0.4, -0.2) is 54.7 Å². The van der Waals surface area contributed by atoms with Crippen LogP contribution in [0.25, 0.3) is 0 Å². The van der Waals surface area contributed by atoms with Gasteiger partial charge in [0.15, 0.2) is 5.13 Å². The van der Waals surface area contributed by atoms with Crippen LogP contribution in [0.3, 0.4) is 0 Å². The van der Waals surface area contributed by atoms with E-state index in [1.807, 2.05) is 12.3 Å². The third-order valence-corrected chi connectivity index (χ3v) is 4.77. The number of thiazole rings is 1. The Bertz CT molecular complexity index is 465. The summed E-state index contributed by atoms with van der Waals surface area (Å²) in [6, 6.07) is 0.854. The smallest absolute Gasteiger partial charge is 0.311 e. The number of ether oxygens (including phenoxy) is 1. The molecule has 1 aliphatic carbocycles. The molecule has 5 nitrogen and oxygen atoms in total. The predicted octanol–water partition coefficient (Wildman–Crippen LogP) is 1.53. The largest absolute Gasteiger partial charge is 0.466 e. The Kier molecular flexibility index (Phi) is 4.21. The summed E-state index contributed by atoms with van der Waals surface area (Å²) < 4.78 is 4.95. The summed E-state index contributed by atoms with van der Waals surface area (Å²) in [6.07, 6.45) is 3.04. The average molecular weight is 295 g/mol. The Morgan fingerprint density at radius 2 is 2.15 bits per heavy atom. The molecule has 0 unspecified atom stereocenters. The molecule has 1 aromatic heterocycles. The lowest BCUT2D eigenvalue weighted by Gasteiger charge is -2.34. The van der Waals surface area contributed by atoms with Crippen LogP contribution >= 0.6 is 11.3 Å². The first-order valence-corrected chi connectivity index (χ1v) is 8.23. The molecular formula is C14H21N3O2S. The maximum absolute atomic E-state index is 11.4. The van der Waals surface area contributed by atoms with Gasteiger partial charge in [-0.2, -0.15) is 0 Å². The summed E-state index contributed by atoms with van der Waals surface area (Å²) in [5.74, 6) is -0.192. The van der Waals surface area contributed by atoms with Gasteiger partial charge in [-0.15, -0.1) is 11.3 Å². The molecule has 0 spiro atoms. The van der Waals surface area contributed by atoms with E-state index in [-0.39, 0.29) is 12.4 Å². The molecule has 2 aliphatic rings. The zero-order chi connectivity index (χ0) is 13.9. The summed E-state index contributed by atoms with van der Waals surface area (Å²) in [5, 5.41) is 3.01. The first-order chi connectivity index (χ1) is 9.76. The number of hydrogen-bond acceptors (Lipinski definition) is 6. The first-order valence-electron chi connectivity index (χ1n) is 7.35. The van der Waals surface area contributed by atoms with Gasteiger partial charge in [-0.3, -0.25) is 9.69 Å². The van der Waals surface area contributed by atoms with E-state index in [1.165, 1.54) is 12.8 Å². The molecule has 0 aromatic carbocycles. The maximum Gasteiger partial charge on any atom is 0.311 e. The minimum absolute atomic E-state index is 0.192. The molecule has 0 radical (unpaired) electrons. The van der Waals surface area contributed by atoms with Crippen LogP contribution in [0.1, 0.15) is 25.5 Å². The molecule has 0 N–H and O–H groups in total. The van der Waals surface area contributed by atoms with Crippen molar-refractivity contribution < 1.29 is 9.53 Å². The van der Waals surface area contributed by atoms with Gasteiger partial charge < -0.3 is 9.64 Å².